The predicted molar refractivity (Wildman–Crippen MR) is 119 cm³/mol. The highest BCUT2D eigenvalue weighted by molar-refractivity contribution is 7.13. The van der Waals surface area contributed by atoms with Crippen LogP contribution in [0.2, 0.25) is 0 Å². The minimum atomic E-state index is 0.603. The van der Waals surface area contributed by atoms with Gasteiger partial charge in [-0.25, -0.2) is 4.98 Å². The zero-order chi connectivity index (χ0) is 19.2. The summed E-state index contributed by atoms with van der Waals surface area (Å²) in [5.74, 6) is 1.66. The van der Waals surface area contributed by atoms with Crippen molar-refractivity contribution in [1.82, 2.24) is 15.2 Å². The molecule has 1 N–H and O–H groups in total. The van der Waals surface area contributed by atoms with E-state index >= 15 is 0 Å². The first kappa shape index (κ1) is 19.2. The van der Waals surface area contributed by atoms with E-state index in [0.29, 0.717) is 5.92 Å². The number of hydrogen-bond acceptors (Lipinski definition) is 4. The second-order valence-electron chi connectivity index (χ2n) is 7.64. The predicted octanol–water partition coefficient (Wildman–Crippen LogP) is 3.74. The Bertz CT molecular complexity index is 766. The van der Waals surface area contributed by atoms with E-state index in [9.17, 15) is 0 Å². The number of rotatable bonds is 6. The molecule has 2 aliphatic heterocycles. The molecule has 0 bridgehead atoms. The van der Waals surface area contributed by atoms with Crippen LogP contribution in [0.15, 0.2) is 40.7 Å². The first-order valence-corrected chi connectivity index (χ1v) is 11.5. The number of anilines is 1. The van der Waals surface area contributed by atoms with Gasteiger partial charge in [0.2, 0.25) is 0 Å². The Morgan fingerprint density at radius 3 is 2.82 bits per heavy atom. The average molecular weight is 398 g/mol. The fourth-order valence-corrected chi connectivity index (χ4v) is 5.03. The smallest absolute Gasteiger partial charge is 0.193 e. The van der Waals surface area contributed by atoms with E-state index in [-0.39, 0.29) is 0 Å². The Labute approximate surface area is 172 Å². The van der Waals surface area contributed by atoms with Crippen molar-refractivity contribution >= 4 is 22.4 Å². The van der Waals surface area contributed by atoms with Crippen LogP contribution in [0.4, 0.5) is 5.13 Å². The topological polar surface area (TPSA) is 43.8 Å². The Hall–Kier alpha value is -2.08. The molecule has 150 valence electrons. The van der Waals surface area contributed by atoms with Gasteiger partial charge in [0.15, 0.2) is 11.1 Å². The number of hydrogen-bond donors (Lipinski definition) is 1. The molecule has 0 spiro atoms. The van der Waals surface area contributed by atoms with Gasteiger partial charge in [-0.1, -0.05) is 30.3 Å². The molecule has 0 aliphatic carbocycles. The largest absolute Gasteiger partial charge is 0.357 e. The van der Waals surface area contributed by atoms with Crippen LogP contribution in [0.25, 0.3) is 0 Å². The Balaban J connectivity index is 1.33. The van der Waals surface area contributed by atoms with Crippen molar-refractivity contribution in [2.75, 3.05) is 44.2 Å². The van der Waals surface area contributed by atoms with Gasteiger partial charge >= 0.3 is 0 Å². The van der Waals surface area contributed by atoms with E-state index in [1.165, 1.54) is 35.7 Å². The maximum Gasteiger partial charge on any atom is 0.193 e. The van der Waals surface area contributed by atoms with Crippen LogP contribution < -0.4 is 10.2 Å². The lowest BCUT2D eigenvalue weighted by Crippen LogP contribution is -2.40. The summed E-state index contributed by atoms with van der Waals surface area (Å²) in [6.07, 6.45) is 4.70. The third-order valence-electron chi connectivity index (χ3n) is 5.64. The molecule has 1 aromatic carbocycles. The molecule has 0 amide bonds. The molecule has 4 rings (SSSR count). The number of thiazole rings is 1. The maximum atomic E-state index is 4.91. The minimum absolute atomic E-state index is 0.603. The second kappa shape index (κ2) is 9.41. The van der Waals surface area contributed by atoms with Gasteiger partial charge in [0.1, 0.15) is 0 Å². The number of benzene rings is 1. The second-order valence-corrected chi connectivity index (χ2v) is 8.48. The molecule has 1 atom stereocenters. The summed E-state index contributed by atoms with van der Waals surface area (Å²) < 4.78 is 0. The number of aliphatic imine (C=N–C) groups is 1. The van der Waals surface area contributed by atoms with Crippen molar-refractivity contribution in [1.29, 1.82) is 0 Å². The quantitative estimate of drug-likeness (QED) is 0.596. The van der Waals surface area contributed by atoms with Gasteiger partial charge in [-0.2, -0.15) is 0 Å². The monoisotopic (exact) mass is 397 g/mol. The van der Waals surface area contributed by atoms with Crippen LogP contribution >= 0.6 is 11.3 Å². The zero-order valence-corrected chi connectivity index (χ0v) is 17.6. The van der Waals surface area contributed by atoms with Crippen LogP contribution in [-0.4, -0.2) is 55.1 Å². The molecule has 2 fully saturated rings. The fourth-order valence-electron chi connectivity index (χ4n) is 4.12. The normalized spacial score (nSPS) is 20.2. The molecule has 0 radical (unpaired) electrons. The minimum Gasteiger partial charge on any atom is -0.357 e. The summed E-state index contributed by atoms with van der Waals surface area (Å²) in [6.45, 7) is 8.27. The lowest BCUT2D eigenvalue weighted by molar-refractivity contribution is 0.486. The highest BCUT2D eigenvalue weighted by atomic mass is 32.1. The lowest BCUT2D eigenvalue weighted by Gasteiger charge is -2.21. The summed E-state index contributed by atoms with van der Waals surface area (Å²) in [5, 5.41) is 6.88. The van der Waals surface area contributed by atoms with Gasteiger partial charge in [-0.15, -0.1) is 11.3 Å². The standard InChI is InChI=1S/C22H31N5S/c1-2-23-21(27-15-11-19(16-27)18-8-4-3-5-9-18)24-12-10-20-17-28-22(25-20)26-13-6-7-14-26/h3-5,8-9,17,19H,2,6-7,10-16H2,1H3,(H,23,24). The SMILES string of the molecule is CCNC(=NCCc1csc(N2CCCC2)n1)N1CCC(c2ccccc2)C1. The van der Waals surface area contributed by atoms with Gasteiger partial charge in [-0.3, -0.25) is 4.99 Å². The van der Waals surface area contributed by atoms with E-state index in [0.717, 1.165) is 51.6 Å². The highest BCUT2D eigenvalue weighted by Crippen LogP contribution is 2.27. The molecule has 2 aromatic rings. The van der Waals surface area contributed by atoms with Crippen LogP contribution in [0, 0.1) is 0 Å². The third-order valence-corrected chi connectivity index (χ3v) is 6.59. The number of aromatic nitrogens is 1. The van der Waals surface area contributed by atoms with Crippen molar-refractivity contribution < 1.29 is 0 Å². The highest BCUT2D eigenvalue weighted by Gasteiger charge is 2.25. The molecule has 5 nitrogen and oxygen atoms in total. The zero-order valence-electron chi connectivity index (χ0n) is 16.8. The number of nitrogens with one attached hydrogen (secondary N) is 1. The Kier molecular flexibility index (Phi) is 6.47. The number of nitrogens with zero attached hydrogens (tertiary/aromatic N) is 4. The van der Waals surface area contributed by atoms with Crippen LogP contribution in [0.5, 0.6) is 0 Å². The first-order valence-electron chi connectivity index (χ1n) is 10.6. The van der Waals surface area contributed by atoms with Crippen molar-refractivity contribution in [3.05, 3.63) is 47.0 Å². The fraction of sp³-hybridized carbons (Fsp3) is 0.545. The summed E-state index contributed by atoms with van der Waals surface area (Å²) in [6, 6.07) is 10.9. The van der Waals surface area contributed by atoms with E-state index in [1.807, 2.05) is 0 Å². The van der Waals surface area contributed by atoms with Crippen molar-refractivity contribution in [3.8, 4) is 0 Å². The number of guanidine groups is 1. The van der Waals surface area contributed by atoms with Gasteiger partial charge in [-0.05, 0) is 31.7 Å². The molecule has 2 aliphatic rings. The molecule has 3 heterocycles. The van der Waals surface area contributed by atoms with E-state index in [4.69, 9.17) is 9.98 Å². The van der Waals surface area contributed by atoms with Gasteiger partial charge in [0.05, 0.1) is 5.69 Å². The van der Waals surface area contributed by atoms with Crippen LogP contribution in [-0.2, 0) is 6.42 Å². The Morgan fingerprint density at radius 2 is 2.04 bits per heavy atom. The molecule has 6 heteroatoms. The lowest BCUT2D eigenvalue weighted by atomic mass is 9.99. The van der Waals surface area contributed by atoms with Crippen molar-refractivity contribution in [3.63, 3.8) is 0 Å². The average Bonchev–Trinajstić information content (AvgIpc) is 3.49. The molecule has 1 unspecified atom stereocenters. The summed E-state index contributed by atoms with van der Waals surface area (Å²) in [5.41, 5.74) is 2.62. The Morgan fingerprint density at radius 1 is 1.21 bits per heavy atom. The van der Waals surface area contributed by atoms with Crippen LogP contribution in [0.1, 0.15) is 43.4 Å². The molecule has 0 saturated carbocycles. The molecular weight excluding hydrogens is 366 g/mol. The first-order chi connectivity index (χ1) is 13.8. The van der Waals surface area contributed by atoms with Crippen molar-refractivity contribution in [2.45, 2.75) is 38.5 Å². The van der Waals surface area contributed by atoms with Crippen molar-refractivity contribution in [2.24, 2.45) is 4.99 Å². The van der Waals surface area contributed by atoms with Crippen LogP contribution in [0.3, 0.4) is 0 Å². The van der Waals surface area contributed by atoms with E-state index < -0.39 is 0 Å². The molecule has 1 aromatic heterocycles. The van der Waals surface area contributed by atoms with Gasteiger partial charge in [0, 0.05) is 57.0 Å². The number of likely N-dealkylation sites (tertiary alicyclic amines) is 1. The summed E-state index contributed by atoms with van der Waals surface area (Å²) in [7, 11) is 0. The maximum absolute atomic E-state index is 4.91. The van der Waals surface area contributed by atoms with E-state index in [2.05, 4.69) is 57.8 Å². The van der Waals surface area contributed by atoms with Gasteiger partial charge in [0.25, 0.3) is 0 Å². The molecular formula is C22H31N5S. The van der Waals surface area contributed by atoms with E-state index in [1.54, 1.807) is 11.3 Å². The summed E-state index contributed by atoms with van der Waals surface area (Å²) >= 11 is 1.78. The van der Waals surface area contributed by atoms with Gasteiger partial charge < -0.3 is 15.1 Å². The molecule has 28 heavy (non-hydrogen) atoms. The third kappa shape index (κ3) is 4.66. The molecule has 2 saturated heterocycles. The summed E-state index contributed by atoms with van der Waals surface area (Å²) in [4.78, 5) is 14.6.